The van der Waals surface area contributed by atoms with E-state index in [2.05, 4.69) is 161 Å². The summed E-state index contributed by atoms with van der Waals surface area (Å²) in [6.07, 6.45) is 0. The van der Waals surface area contributed by atoms with Crippen molar-refractivity contribution in [2.75, 3.05) is 0 Å². The van der Waals surface area contributed by atoms with Crippen molar-refractivity contribution >= 4 is 88.3 Å². The molecule has 0 unspecified atom stereocenters. The van der Waals surface area contributed by atoms with E-state index >= 15 is 0 Å². The molecule has 2 aromatic heterocycles. The van der Waals surface area contributed by atoms with Crippen LogP contribution in [-0.2, 0) is 0 Å². The summed E-state index contributed by atoms with van der Waals surface area (Å²) in [7, 11) is 0. The zero-order chi connectivity index (χ0) is 37.5. The number of nitriles is 2. The van der Waals surface area contributed by atoms with Gasteiger partial charge in [0, 0.05) is 43.7 Å². The summed E-state index contributed by atoms with van der Waals surface area (Å²) in [5.41, 5.74) is 17.2. The summed E-state index contributed by atoms with van der Waals surface area (Å²) >= 11 is 0. The molecule has 0 N–H and O–H groups in total. The van der Waals surface area contributed by atoms with Crippen molar-refractivity contribution in [1.29, 1.82) is 10.5 Å². The molecule has 0 spiro atoms. The first kappa shape index (κ1) is 30.5. The Morgan fingerprint density at radius 2 is 0.807 bits per heavy atom. The number of benzene rings is 9. The minimum Gasteiger partial charge on any atom is -0.309 e. The van der Waals surface area contributed by atoms with Gasteiger partial charge in [0.1, 0.15) is 0 Å². The highest BCUT2D eigenvalue weighted by atomic mass is 15.0. The number of hydrogen-bond donors (Lipinski definition) is 0. The van der Waals surface area contributed by atoms with Crippen molar-refractivity contribution in [1.82, 2.24) is 9.13 Å². The Morgan fingerprint density at radius 3 is 1.26 bits per heavy atom. The van der Waals surface area contributed by atoms with Crippen molar-refractivity contribution in [3.63, 3.8) is 0 Å². The molecule has 9 aromatic carbocycles. The second kappa shape index (κ2) is 10.9. The molecule has 0 aliphatic carbocycles. The molecule has 2 aliphatic heterocycles. The van der Waals surface area contributed by atoms with Gasteiger partial charge in [0.15, 0.2) is 0 Å². The van der Waals surface area contributed by atoms with Crippen LogP contribution >= 0.6 is 0 Å². The fourth-order valence-corrected chi connectivity index (χ4v) is 10.6. The third kappa shape index (κ3) is 3.80. The van der Waals surface area contributed by atoms with Crippen LogP contribution in [-0.4, -0.2) is 15.8 Å². The van der Waals surface area contributed by atoms with E-state index in [0.29, 0.717) is 11.1 Å². The van der Waals surface area contributed by atoms with Crippen LogP contribution in [0.15, 0.2) is 164 Å². The van der Waals surface area contributed by atoms with Crippen molar-refractivity contribution < 1.29 is 0 Å². The van der Waals surface area contributed by atoms with Gasteiger partial charge in [0.05, 0.1) is 45.3 Å². The van der Waals surface area contributed by atoms with E-state index in [4.69, 9.17) is 0 Å². The molecule has 5 heteroatoms. The molecule has 258 valence electrons. The summed E-state index contributed by atoms with van der Waals surface area (Å²) in [6, 6.07) is 63.5. The summed E-state index contributed by atoms with van der Waals surface area (Å²) in [5, 5.41) is 29.1. The lowest BCUT2D eigenvalue weighted by molar-refractivity contribution is 1.18. The zero-order valence-corrected chi connectivity index (χ0v) is 30.5. The van der Waals surface area contributed by atoms with Gasteiger partial charge < -0.3 is 9.13 Å². The van der Waals surface area contributed by atoms with E-state index in [0.717, 1.165) is 22.4 Å². The number of nitrogens with zero attached hydrogens (tertiary/aromatic N) is 4. The molecule has 0 saturated carbocycles. The van der Waals surface area contributed by atoms with Crippen LogP contribution in [0.4, 0.5) is 0 Å². The molecule has 4 heterocycles. The highest BCUT2D eigenvalue weighted by Gasteiger charge is 2.39. The van der Waals surface area contributed by atoms with E-state index in [-0.39, 0.29) is 6.71 Å². The molecule has 0 saturated heterocycles. The topological polar surface area (TPSA) is 57.4 Å². The van der Waals surface area contributed by atoms with E-state index in [9.17, 15) is 10.5 Å². The largest absolute Gasteiger partial charge is 0.309 e. The van der Waals surface area contributed by atoms with Crippen LogP contribution in [0, 0.1) is 22.7 Å². The summed E-state index contributed by atoms with van der Waals surface area (Å²) in [6.45, 7) is 0.0407. The Bertz CT molecular complexity index is 3460. The smallest absolute Gasteiger partial charge is 0.244 e. The third-order valence-electron chi connectivity index (χ3n) is 12.8. The van der Waals surface area contributed by atoms with Crippen molar-refractivity contribution in [2.24, 2.45) is 0 Å². The summed E-state index contributed by atoms with van der Waals surface area (Å²) < 4.78 is 4.77. The molecule has 0 atom stereocenters. The SMILES string of the molecule is N#Cc1ccc(-n2c3ccccc3c3cc4c5c(cccc5c32)B2c3c-4cccc3-c3cc4c5ccccc5n(-c5ccc(C#N)cc5)c4c4cccc2c34)cc1. The second-order valence-electron chi connectivity index (χ2n) is 15.4. The summed E-state index contributed by atoms with van der Waals surface area (Å²) in [5.74, 6) is 0. The zero-order valence-electron chi connectivity index (χ0n) is 30.5. The average molecular weight is 719 g/mol. The van der Waals surface area contributed by atoms with Crippen molar-refractivity contribution in [3.05, 3.63) is 175 Å². The predicted octanol–water partition coefficient (Wildman–Crippen LogP) is 10.4. The minimum absolute atomic E-state index is 0.0407. The number of fused-ring (bicyclic) bond motifs is 12. The van der Waals surface area contributed by atoms with Gasteiger partial charge in [-0.1, -0.05) is 107 Å². The molecule has 13 rings (SSSR count). The molecule has 2 aliphatic rings. The number of aromatic nitrogens is 2. The first-order valence-electron chi connectivity index (χ1n) is 19.3. The molecule has 0 fully saturated rings. The third-order valence-corrected chi connectivity index (χ3v) is 12.8. The van der Waals surface area contributed by atoms with Gasteiger partial charge in [0.2, 0.25) is 6.71 Å². The molecule has 57 heavy (non-hydrogen) atoms. The van der Waals surface area contributed by atoms with Crippen molar-refractivity contribution in [2.45, 2.75) is 0 Å². The lowest BCUT2D eigenvalue weighted by Crippen LogP contribution is -2.57. The molecule has 4 nitrogen and oxygen atoms in total. The molecule has 0 radical (unpaired) electrons. The van der Waals surface area contributed by atoms with E-state index in [1.165, 1.54) is 92.8 Å². The Kier molecular flexibility index (Phi) is 5.82. The van der Waals surface area contributed by atoms with Crippen molar-refractivity contribution in [3.8, 4) is 45.8 Å². The molecular weight excluding hydrogens is 691 g/mol. The Labute approximate surface area is 327 Å². The predicted molar refractivity (Wildman–Crippen MR) is 235 cm³/mol. The highest BCUT2D eigenvalue weighted by Crippen LogP contribution is 2.46. The fraction of sp³-hybridized carbons (Fsp3) is 0. The second-order valence-corrected chi connectivity index (χ2v) is 15.4. The molecule has 0 bridgehead atoms. The Balaban J connectivity index is 1.16. The maximum Gasteiger partial charge on any atom is 0.244 e. The minimum atomic E-state index is 0.0407. The number of para-hydroxylation sites is 2. The van der Waals surface area contributed by atoms with Gasteiger partial charge in [0.25, 0.3) is 0 Å². The molecule has 0 amide bonds. The van der Waals surface area contributed by atoms with Gasteiger partial charge in [-0.25, -0.2) is 0 Å². The van der Waals surface area contributed by atoms with Crippen LogP contribution in [0.2, 0.25) is 0 Å². The fourth-order valence-electron chi connectivity index (χ4n) is 10.6. The number of rotatable bonds is 2. The number of hydrogen-bond acceptors (Lipinski definition) is 2. The van der Waals surface area contributed by atoms with Crippen LogP contribution in [0.5, 0.6) is 0 Å². The standard InChI is InChI=1S/C52H27BN4/c54-28-30-18-22-32(23-19-30)56-46-16-3-1-8-34(46)42-26-40-36-10-5-11-37-41-27-43-35-9-2-4-17-47(35)57(33-24-20-31(29-55)21-25-33)52(43)39-13-7-15-45(49(39)41)53(50(36)37)44-14-6-12-38(48(40)44)51(42)56/h1-27H. The quantitative estimate of drug-likeness (QED) is 0.167. The maximum absolute atomic E-state index is 9.61. The normalized spacial score (nSPS) is 12.5. The van der Waals surface area contributed by atoms with Gasteiger partial charge in [-0.15, -0.1) is 0 Å². The van der Waals surface area contributed by atoms with Gasteiger partial charge in [-0.2, -0.15) is 10.5 Å². The van der Waals surface area contributed by atoms with Gasteiger partial charge in [-0.05, 0) is 106 Å². The first-order valence-corrected chi connectivity index (χ1v) is 19.3. The van der Waals surface area contributed by atoms with E-state index in [1.807, 2.05) is 24.3 Å². The lowest BCUT2D eigenvalue weighted by atomic mass is 9.31. The monoisotopic (exact) mass is 718 g/mol. The lowest BCUT2D eigenvalue weighted by Gasteiger charge is -2.34. The maximum atomic E-state index is 9.61. The Hall–Kier alpha value is -7.86. The molecular formula is C52H27BN4. The average Bonchev–Trinajstić information content (AvgIpc) is 3.79. The van der Waals surface area contributed by atoms with Gasteiger partial charge >= 0.3 is 0 Å². The van der Waals surface area contributed by atoms with E-state index < -0.39 is 0 Å². The first-order chi connectivity index (χ1) is 28.2. The van der Waals surface area contributed by atoms with Crippen LogP contribution in [0.1, 0.15) is 11.1 Å². The molecule has 11 aromatic rings. The van der Waals surface area contributed by atoms with Gasteiger partial charge in [-0.3, -0.25) is 0 Å². The van der Waals surface area contributed by atoms with Crippen LogP contribution < -0.4 is 16.4 Å². The summed E-state index contributed by atoms with van der Waals surface area (Å²) in [4.78, 5) is 0. The van der Waals surface area contributed by atoms with Crippen LogP contribution in [0.25, 0.3) is 98.8 Å². The van der Waals surface area contributed by atoms with E-state index in [1.54, 1.807) is 0 Å². The highest BCUT2D eigenvalue weighted by molar-refractivity contribution is 7.01. The Morgan fingerprint density at radius 1 is 0.386 bits per heavy atom. The van der Waals surface area contributed by atoms with Crippen LogP contribution in [0.3, 0.4) is 0 Å².